The Hall–Kier alpha value is -2.69. The Labute approximate surface area is 167 Å². The number of benzene rings is 3. The fraction of sp³-hybridized carbons (Fsp3) is 0.0952. The molecule has 0 radical (unpaired) electrons. The molecule has 0 aliphatic carbocycles. The molecule has 6 heteroatoms. The van der Waals surface area contributed by atoms with Crippen molar-refractivity contribution in [2.24, 2.45) is 0 Å². The summed E-state index contributed by atoms with van der Waals surface area (Å²) in [6.45, 7) is 1.65. The van der Waals surface area contributed by atoms with Gasteiger partial charge in [0.15, 0.2) is 6.10 Å². The molecule has 0 spiro atoms. The van der Waals surface area contributed by atoms with Gasteiger partial charge in [-0.2, -0.15) is 0 Å². The van der Waals surface area contributed by atoms with Crippen LogP contribution in [0.4, 0.5) is 5.69 Å². The Morgan fingerprint density at radius 3 is 2.19 bits per heavy atom. The van der Waals surface area contributed by atoms with E-state index in [1.165, 1.54) is 0 Å². The van der Waals surface area contributed by atoms with E-state index in [0.717, 1.165) is 5.75 Å². The second-order valence-electron chi connectivity index (χ2n) is 5.74. The predicted octanol–water partition coefficient (Wildman–Crippen LogP) is 6.19. The lowest BCUT2D eigenvalue weighted by atomic mass is 10.3. The second kappa shape index (κ2) is 8.80. The van der Waals surface area contributed by atoms with Gasteiger partial charge in [0.2, 0.25) is 0 Å². The van der Waals surface area contributed by atoms with Crippen molar-refractivity contribution in [1.29, 1.82) is 0 Å². The molecule has 1 N–H and O–H groups in total. The molecule has 0 fully saturated rings. The third-order valence-electron chi connectivity index (χ3n) is 3.69. The minimum Gasteiger partial charge on any atom is -0.481 e. The van der Waals surface area contributed by atoms with E-state index in [9.17, 15) is 4.79 Å². The molecule has 4 nitrogen and oxygen atoms in total. The number of para-hydroxylation sites is 1. The summed E-state index contributed by atoms with van der Waals surface area (Å²) in [4.78, 5) is 12.3. The highest BCUT2D eigenvalue weighted by Gasteiger charge is 2.17. The van der Waals surface area contributed by atoms with Crippen molar-refractivity contribution in [3.05, 3.63) is 82.8 Å². The van der Waals surface area contributed by atoms with Gasteiger partial charge in [-0.3, -0.25) is 4.79 Å². The standard InChI is InChI=1S/C21H17Cl2NO3/c1-14(21(25)24-19-9-5-8-18(22)20(19)23)26-16-10-12-17(13-11-16)27-15-6-3-2-4-7-15/h2-14H,1H3,(H,24,25). The van der Waals surface area contributed by atoms with Crippen molar-refractivity contribution in [3.63, 3.8) is 0 Å². The molecule has 0 aliphatic heterocycles. The van der Waals surface area contributed by atoms with Gasteiger partial charge in [-0.25, -0.2) is 0 Å². The Morgan fingerprint density at radius 2 is 1.48 bits per heavy atom. The first-order valence-electron chi connectivity index (χ1n) is 8.27. The van der Waals surface area contributed by atoms with Crippen LogP contribution < -0.4 is 14.8 Å². The third-order valence-corrected chi connectivity index (χ3v) is 4.51. The molecule has 1 atom stereocenters. The van der Waals surface area contributed by atoms with Crippen LogP contribution in [0.3, 0.4) is 0 Å². The first-order chi connectivity index (χ1) is 13.0. The van der Waals surface area contributed by atoms with Crippen molar-refractivity contribution < 1.29 is 14.3 Å². The molecule has 0 aromatic heterocycles. The molecular formula is C21H17Cl2NO3. The number of carbonyl (C=O) groups excluding carboxylic acids is 1. The van der Waals surface area contributed by atoms with E-state index < -0.39 is 6.10 Å². The van der Waals surface area contributed by atoms with Crippen LogP contribution in [-0.2, 0) is 4.79 Å². The highest BCUT2D eigenvalue weighted by molar-refractivity contribution is 6.44. The largest absolute Gasteiger partial charge is 0.481 e. The Kier molecular flexibility index (Phi) is 6.22. The first-order valence-corrected chi connectivity index (χ1v) is 9.03. The van der Waals surface area contributed by atoms with E-state index in [1.807, 2.05) is 30.3 Å². The van der Waals surface area contributed by atoms with E-state index in [1.54, 1.807) is 49.4 Å². The molecule has 3 aromatic carbocycles. The van der Waals surface area contributed by atoms with E-state index in [-0.39, 0.29) is 5.91 Å². The monoisotopic (exact) mass is 401 g/mol. The zero-order valence-corrected chi connectivity index (χ0v) is 16.0. The van der Waals surface area contributed by atoms with Crippen LogP contribution in [-0.4, -0.2) is 12.0 Å². The molecular weight excluding hydrogens is 385 g/mol. The smallest absolute Gasteiger partial charge is 0.265 e. The molecule has 1 amide bonds. The number of anilines is 1. The van der Waals surface area contributed by atoms with Crippen molar-refractivity contribution in [1.82, 2.24) is 0 Å². The molecule has 0 heterocycles. The van der Waals surface area contributed by atoms with Crippen LogP contribution in [0, 0.1) is 0 Å². The number of carbonyl (C=O) groups is 1. The summed E-state index contributed by atoms with van der Waals surface area (Å²) >= 11 is 12.0. The average Bonchev–Trinajstić information content (AvgIpc) is 2.68. The van der Waals surface area contributed by atoms with Gasteiger partial charge in [0.05, 0.1) is 15.7 Å². The second-order valence-corrected chi connectivity index (χ2v) is 6.52. The fourth-order valence-electron chi connectivity index (χ4n) is 2.30. The number of hydrogen-bond donors (Lipinski definition) is 1. The number of rotatable bonds is 6. The number of hydrogen-bond acceptors (Lipinski definition) is 3. The van der Waals surface area contributed by atoms with Crippen molar-refractivity contribution >= 4 is 34.8 Å². The lowest BCUT2D eigenvalue weighted by molar-refractivity contribution is -0.122. The minimum atomic E-state index is -0.721. The van der Waals surface area contributed by atoms with Gasteiger partial charge in [0, 0.05) is 0 Å². The maximum Gasteiger partial charge on any atom is 0.265 e. The van der Waals surface area contributed by atoms with Crippen molar-refractivity contribution in [2.75, 3.05) is 5.32 Å². The SMILES string of the molecule is CC(Oc1ccc(Oc2ccccc2)cc1)C(=O)Nc1cccc(Cl)c1Cl. The maximum absolute atomic E-state index is 12.3. The van der Waals surface area contributed by atoms with Crippen LogP contribution in [0.25, 0.3) is 0 Å². The molecule has 0 saturated carbocycles. The Balaban J connectivity index is 1.59. The molecule has 0 aliphatic rings. The molecule has 1 unspecified atom stereocenters. The van der Waals surface area contributed by atoms with E-state index in [2.05, 4.69) is 5.32 Å². The average molecular weight is 402 g/mol. The van der Waals surface area contributed by atoms with Gasteiger partial charge in [-0.15, -0.1) is 0 Å². The number of halogens is 2. The lowest BCUT2D eigenvalue weighted by Gasteiger charge is -2.16. The van der Waals surface area contributed by atoms with Gasteiger partial charge < -0.3 is 14.8 Å². The van der Waals surface area contributed by atoms with Crippen LogP contribution in [0.1, 0.15) is 6.92 Å². The molecule has 3 rings (SSSR count). The van der Waals surface area contributed by atoms with Gasteiger partial charge in [-0.1, -0.05) is 47.5 Å². The van der Waals surface area contributed by atoms with E-state index in [0.29, 0.717) is 27.2 Å². The summed E-state index contributed by atoms with van der Waals surface area (Å²) in [5.41, 5.74) is 0.441. The van der Waals surface area contributed by atoms with E-state index >= 15 is 0 Å². The molecule has 138 valence electrons. The predicted molar refractivity (Wildman–Crippen MR) is 108 cm³/mol. The number of ether oxygens (including phenoxy) is 2. The third kappa shape index (κ3) is 5.16. The Morgan fingerprint density at radius 1 is 0.852 bits per heavy atom. The van der Waals surface area contributed by atoms with Crippen LogP contribution in [0.2, 0.25) is 10.0 Å². The van der Waals surface area contributed by atoms with Gasteiger partial charge >= 0.3 is 0 Å². The normalized spacial score (nSPS) is 11.5. The summed E-state index contributed by atoms with van der Waals surface area (Å²) in [6.07, 6.45) is -0.721. The topological polar surface area (TPSA) is 47.6 Å². The van der Waals surface area contributed by atoms with Gasteiger partial charge in [0.1, 0.15) is 17.2 Å². The van der Waals surface area contributed by atoms with Crippen LogP contribution >= 0.6 is 23.2 Å². The quantitative estimate of drug-likeness (QED) is 0.535. The Bertz CT molecular complexity index is 914. The number of nitrogens with one attached hydrogen (secondary N) is 1. The first kappa shape index (κ1) is 19.1. The van der Waals surface area contributed by atoms with E-state index in [4.69, 9.17) is 32.7 Å². The van der Waals surface area contributed by atoms with Crippen molar-refractivity contribution in [2.45, 2.75) is 13.0 Å². The fourth-order valence-corrected chi connectivity index (χ4v) is 2.65. The van der Waals surface area contributed by atoms with Gasteiger partial charge in [-0.05, 0) is 55.5 Å². The highest BCUT2D eigenvalue weighted by atomic mass is 35.5. The van der Waals surface area contributed by atoms with Crippen molar-refractivity contribution in [3.8, 4) is 17.2 Å². The minimum absolute atomic E-state index is 0.294. The zero-order valence-electron chi connectivity index (χ0n) is 14.5. The summed E-state index contributed by atoms with van der Waals surface area (Å²) in [7, 11) is 0. The lowest BCUT2D eigenvalue weighted by Crippen LogP contribution is -2.30. The maximum atomic E-state index is 12.3. The summed E-state index contributed by atoms with van der Waals surface area (Å²) in [5, 5.41) is 3.38. The molecule has 3 aromatic rings. The molecule has 27 heavy (non-hydrogen) atoms. The number of amides is 1. The van der Waals surface area contributed by atoms with Crippen LogP contribution in [0.15, 0.2) is 72.8 Å². The summed E-state index contributed by atoms with van der Waals surface area (Å²) in [5.74, 6) is 1.65. The molecule has 0 bridgehead atoms. The highest BCUT2D eigenvalue weighted by Crippen LogP contribution is 2.30. The van der Waals surface area contributed by atoms with Crippen LogP contribution in [0.5, 0.6) is 17.2 Å². The zero-order chi connectivity index (χ0) is 19.2. The summed E-state index contributed by atoms with van der Waals surface area (Å²) < 4.78 is 11.4. The van der Waals surface area contributed by atoms with Gasteiger partial charge in [0.25, 0.3) is 5.91 Å². The molecule has 0 saturated heterocycles. The summed E-state index contributed by atoms with van der Waals surface area (Å²) in [6, 6.07) is 21.6.